The predicted molar refractivity (Wildman–Crippen MR) is 89.8 cm³/mol. The minimum Gasteiger partial charge on any atom is -0.316 e. The van der Waals surface area contributed by atoms with Crippen molar-refractivity contribution in [1.82, 2.24) is 10.0 Å². The first-order valence-electron chi connectivity index (χ1n) is 6.28. The SMILES string of the molecule is CNCc1cc(C)c(Br)c(S(=O)(=O)NCC(C)SC)c1. The Bertz CT molecular complexity index is 562. The van der Waals surface area contributed by atoms with Crippen LogP contribution in [0.4, 0.5) is 0 Å². The summed E-state index contributed by atoms with van der Waals surface area (Å²) in [6.45, 7) is 4.95. The lowest BCUT2D eigenvalue weighted by Crippen LogP contribution is -2.30. The van der Waals surface area contributed by atoms with Crippen LogP contribution in [0.15, 0.2) is 21.5 Å². The van der Waals surface area contributed by atoms with Crippen molar-refractivity contribution in [2.45, 2.75) is 30.5 Å². The lowest BCUT2D eigenvalue weighted by Gasteiger charge is -2.14. The first-order chi connectivity index (χ1) is 9.31. The fourth-order valence-electron chi connectivity index (χ4n) is 1.70. The smallest absolute Gasteiger partial charge is 0.241 e. The number of hydrogen-bond acceptors (Lipinski definition) is 4. The van der Waals surface area contributed by atoms with Gasteiger partial charge >= 0.3 is 0 Å². The van der Waals surface area contributed by atoms with E-state index in [9.17, 15) is 8.42 Å². The highest BCUT2D eigenvalue weighted by Crippen LogP contribution is 2.27. The molecule has 1 aromatic rings. The van der Waals surface area contributed by atoms with Crippen molar-refractivity contribution in [2.75, 3.05) is 19.8 Å². The fraction of sp³-hybridized carbons (Fsp3) is 0.538. The largest absolute Gasteiger partial charge is 0.316 e. The lowest BCUT2D eigenvalue weighted by molar-refractivity contribution is 0.580. The van der Waals surface area contributed by atoms with Crippen LogP contribution >= 0.6 is 27.7 Å². The number of hydrogen-bond donors (Lipinski definition) is 2. The lowest BCUT2D eigenvalue weighted by atomic mass is 10.1. The maximum atomic E-state index is 12.4. The van der Waals surface area contributed by atoms with Crippen LogP contribution < -0.4 is 10.0 Å². The number of aryl methyl sites for hydroxylation is 1. The van der Waals surface area contributed by atoms with Crippen LogP contribution in [0.2, 0.25) is 0 Å². The monoisotopic (exact) mass is 380 g/mol. The van der Waals surface area contributed by atoms with Gasteiger partial charge < -0.3 is 5.32 Å². The number of thioether (sulfide) groups is 1. The topological polar surface area (TPSA) is 58.2 Å². The van der Waals surface area contributed by atoms with E-state index < -0.39 is 10.0 Å². The predicted octanol–water partition coefficient (Wildman–Crippen LogP) is 2.51. The van der Waals surface area contributed by atoms with Gasteiger partial charge in [-0.15, -0.1) is 0 Å². The molecule has 0 fully saturated rings. The number of sulfonamides is 1. The van der Waals surface area contributed by atoms with Gasteiger partial charge in [0.2, 0.25) is 10.0 Å². The molecule has 0 radical (unpaired) electrons. The summed E-state index contributed by atoms with van der Waals surface area (Å²) in [5, 5.41) is 3.28. The second-order valence-corrected chi connectivity index (χ2v) is 8.46. The first-order valence-corrected chi connectivity index (χ1v) is 9.84. The fourth-order valence-corrected chi connectivity index (χ4v) is 4.25. The number of halogens is 1. The van der Waals surface area contributed by atoms with E-state index in [-0.39, 0.29) is 5.25 Å². The van der Waals surface area contributed by atoms with Crippen LogP contribution in [0.3, 0.4) is 0 Å². The minimum atomic E-state index is -3.50. The van der Waals surface area contributed by atoms with Crippen molar-refractivity contribution in [1.29, 1.82) is 0 Å². The van der Waals surface area contributed by atoms with E-state index >= 15 is 0 Å². The molecule has 0 aliphatic heterocycles. The third kappa shape index (κ3) is 4.73. The molecule has 114 valence electrons. The minimum absolute atomic E-state index is 0.241. The van der Waals surface area contributed by atoms with Crippen LogP contribution in [-0.4, -0.2) is 33.5 Å². The molecule has 7 heteroatoms. The summed E-state index contributed by atoms with van der Waals surface area (Å²) in [5.41, 5.74) is 1.86. The molecule has 1 rings (SSSR count). The molecule has 4 nitrogen and oxygen atoms in total. The van der Waals surface area contributed by atoms with Gasteiger partial charge in [0.05, 0.1) is 4.90 Å². The standard InChI is InChI=1S/C13H21BrN2O2S2/c1-9-5-11(8-15-3)6-12(13(9)14)20(17,18)16-7-10(2)19-4/h5-6,10,15-16H,7-8H2,1-4H3. The Hall–Kier alpha value is -0.0800. The number of rotatable bonds is 7. The molecular weight excluding hydrogens is 360 g/mol. The summed E-state index contributed by atoms with van der Waals surface area (Å²) in [4.78, 5) is 0.302. The summed E-state index contributed by atoms with van der Waals surface area (Å²) < 4.78 is 28.1. The molecule has 0 aliphatic carbocycles. The third-order valence-electron chi connectivity index (χ3n) is 2.91. The van der Waals surface area contributed by atoms with E-state index in [1.165, 1.54) is 0 Å². The van der Waals surface area contributed by atoms with Gasteiger partial charge in [0, 0.05) is 22.8 Å². The van der Waals surface area contributed by atoms with E-state index in [2.05, 4.69) is 26.0 Å². The molecule has 0 amide bonds. The zero-order valence-electron chi connectivity index (χ0n) is 12.2. The zero-order valence-corrected chi connectivity index (χ0v) is 15.4. The Morgan fingerprint density at radius 1 is 1.40 bits per heavy atom. The number of nitrogens with one attached hydrogen (secondary N) is 2. The van der Waals surface area contributed by atoms with Gasteiger partial charge in [-0.1, -0.05) is 13.0 Å². The molecule has 0 saturated carbocycles. The highest BCUT2D eigenvalue weighted by atomic mass is 79.9. The normalized spacial score (nSPS) is 13.4. The van der Waals surface area contributed by atoms with Gasteiger partial charge in [0.1, 0.15) is 0 Å². The maximum Gasteiger partial charge on any atom is 0.241 e. The van der Waals surface area contributed by atoms with Gasteiger partial charge in [0.25, 0.3) is 0 Å². The average Bonchev–Trinajstić information content (AvgIpc) is 2.40. The quantitative estimate of drug-likeness (QED) is 0.762. The van der Waals surface area contributed by atoms with Crippen LogP contribution in [-0.2, 0) is 16.6 Å². The summed E-state index contributed by atoms with van der Waals surface area (Å²) in [5.74, 6) is 0. The van der Waals surface area contributed by atoms with E-state index in [1.54, 1.807) is 17.8 Å². The summed E-state index contributed by atoms with van der Waals surface area (Å²) in [7, 11) is -1.66. The molecule has 0 spiro atoms. The van der Waals surface area contributed by atoms with Crippen molar-refractivity contribution in [2.24, 2.45) is 0 Å². The van der Waals surface area contributed by atoms with Crippen molar-refractivity contribution < 1.29 is 8.42 Å². The van der Waals surface area contributed by atoms with Crippen LogP contribution in [0.1, 0.15) is 18.1 Å². The van der Waals surface area contributed by atoms with Gasteiger partial charge in [-0.2, -0.15) is 11.8 Å². The molecule has 0 heterocycles. The molecule has 1 aromatic carbocycles. The van der Waals surface area contributed by atoms with Crippen LogP contribution in [0, 0.1) is 6.92 Å². The van der Waals surface area contributed by atoms with E-state index in [0.29, 0.717) is 22.5 Å². The second-order valence-electron chi connectivity index (χ2n) is 4.65. The highest BCUT2D eigenvalue weighted by molar-refractivity contribution is 9.10. The van der Waals surface area contributed by atoms with Gasteiger partial charge in [-0.05, 0) is 53.4 Å². The first kappa shape index (κ1) is 18.0. The molecular formula is C13H21BrN2O2S2. The van der Waals surface area contributed by atoms with E-state index in [4.69, 9.17) is 0 Å². The molecule has 20 heavy (non-hydrogen) atoms. The molecule has 0 saturated heterocycles. The summed E-state index contributed by atoms with van der Waals surface area (Å²) in [6, 6.07) is 3.68. The molecule has 1 atom stereocenters. The Balaban J connectivity index is 3.10. The molecule has 1 unspecified atom stereocenters. The van der Waals surface area contributed by atoms with E-state index in [1.807, 2.05) is 33.2 Å². The third-order valence-corrected chi connectivity index (χ3v) is 6.65. The second kappa shape index (κ2) is 7.79. The number of benzene rings is 1. The Kier molecular flexibility index (Phi) is 7.00. The molecule has 0 bridgehead atoms. The molecule has 2 N–H and O–H groups in total. The Labute approximate surface area is 134 Å². The van der Waals surface area contributed by atoms with Gasteiger partial charge in [-0.25, -0.2) is 13.1 Å². The van der Waals surface area contributed by atoms with Gasteiger partial charge in [0.15, 0.2) is 0 Å². The van der Waals surface area contributed by atoms with Crippen molar-refractivity contribution in [3.05, 3.63) is 27.7 Å². The van der Waals surface area contributed by atoms with E-state index in [0.717, 1.165) is 11.1 Å². The summed E-state index contributed by atoms with van der Waals surface area (Å²) in [6.07, 6.45) is 1.96. The van der Waals surface area contributed by atoms with Crippen molar-refractivity contribution >= 4 is 37.7 Å². The van der Waals surface area contributed by atoms with Crippen LogP contribution in [0.5, 0.6) is 0 Å². The highest BCUT2D eigenvalue weighted by Gasteiger charge is 2.20. The Morgan fingerprint density at radius 2 is 2.05 bits per heavy atom. The van der Waals surface area contributed by atoms with Crippen molar-refractivity contribution in [3.8, 4) is 0 Å². The van der Waals surface area contributed by atoms with Crippen LogP contribution in [0.25, 0.3) is 0 Å². The van der Waals surface area contributed by atoms with Gasteiger partial charge in [-0.3, -0.25) is 0 Å². The maximum absolute atomic E-state index is 12.4. The van der Waals surface area contributed by atoms with Crippen molar-refractivity contribution in [3.63, 3.8) is 0 Å². The molecule has 0 aromatic heterocycles. The molecule has 0 aliphatic rings. The zero-order chi connectivity index (χ0) is 15.3. The average molecular weight is 381 g/mol. The summed E-state index contributed by atoms with van der Waals surface area (Å²) >= 11 is 5.01. The Morgan fingerprint density at radius 3 is 2.60 bits per heavy atom.